The van der Waals surface area contributed by atoms with Gasteiger partial charge in [-0.2, -0.15) is 5.10 Å². The molecule has 2 N–H and O–H groups in total. The number of carboxylic acid groups (broad SMARTS) is 1. The van der Waals surface area contributed by atoms with Crippen LogP contribution in [0.3, 0.4) is 0 Å². The van der Waals surface area contributed by atoms with E-state index >= 15 is 0 Å². The Morgan fingerprint density at radius 1 is 1.15 bits per heavy atom. The zero-order valence-electron chi connectivity index (χ0n) is 13.6. The second kappa shape index (κ2) is 7.83. The molecule has 0 fully saturated rings. The zero-order valence-corrected chi connectivity index (χ0v) is 13.6. The Morgan fingerprint density at radius 2 is 1.85 bits per heavy atom. The maximum absolute atomic E-state index is 11.2. The first-order valence-electron chi connectivity index (χ1n) is 7.32. The lowest BCUT2D eigenvalue weighted by molar-refractivity contribution is -0.393. The van der Waals surface area contributed by atoms with Crippen molar-refractivity contribution in [2.75, 3.05) is 5.43 Å². The van der Waals surface area contributed by atoms with E-state index in [0.29, 0.717) is 11.3 Å². The van der Waals surface area contributed by atoms with E-state index in [1.807, 2.05) is 0 Å². The molecule has 2 rings (SSSR count). The second-order valence-electron chi connectivity index (χ2n) is 5.31. The minimum atomic E-state index is -1.06. The molecule has 0 radical (unpaired) electrons. The summed E-state index contributed by atoms with van der Waals surface area (Å²) in [6.45, 7) is 1.63. The number of aromatic carboxylic acids is 1. The van der Waals surface area contributed by atoms with Crippen molar-refractivity contribution < 1.29 is 19.7 Å². The molecule has 0 heterocycles. The number of rotatable bonds is 7. The Labute approximate surface area is 147 Å². The van der Waals surface area contributed by atoms with Crippen LogP contribution in [-0.2, 0) is 6.42 Å². The third kappa shape index (κ3) is 4.38. The monoisotopic (exact) mass is 358 g/mol. The van der Waals surface area contributed by atoms with Crippen molar-refractivity contribution in [2.45, 2.75) is 13.3 Å². The zero-order chi connectivity index (χ0) is 19.3. The number of hydrazone groups is 1. The minimum Gasteiger partial charge on any atom is -0.478 e. The van der Waals surface area contributed by atoms with Crippen LogP contribution >= 0.6 is 0 Å². The maximum Gasteiger partial charge on any atom is 0.335 e. The standard InChI is InChI=1S/C16H14N4O6/c1-10(8-11-4-2-3-5-13(11)16(21)22)17-18-14-7-6-12(19(23)24)9-15(14)20(25)26/h2-7,9,18H,8H2,1H3,(H,21,22)/b17-10+. The lowest BCUT2D eigenvalue weighted by Crippen LogP contribution is -2.08. The van der Waals surface area contributed by atoms with Gasteiger partial charge in [0.2, 0.25) is 0 Å². The van der Waals surface area contributed by atoms with Crippen molar-refractivity contribution in [1.82, 2.24) is 0 Å². The largest absolute Gasteiger partial charge is 0.478 e. The van der Waals surface area contributed by atoms with Gasteiger partial charge in [0.1, 0.15) is 5.69 Å². The number of nitrogens with zero attached hydrogens (tertiary/aromatic N) is 3. The highest BCUT2D eigenvalue weighted by Gasteiger charge is 2.19. The lowest BCUT2D eigenvalue weighted by Gasteiger charge is -2.07. The van der Waals surface area contributed by atoms with Gasteiger partial charge in [0.25, 0.3) is 5.69 Å². The smallest absolute Gasteiger partial charge is 0.335 e. The molecule has 10 heteroatoms. The Hall–Kier alpha value is -3.82. The van der Waals surface area contributed by atoms with Crippen LogP contribution in [-0.4, -0.2) is 26.6 Å². The fourth-order valence-corrected chi connectivity index (χ4v) is 2.23. The summed E-state index contributed by atoms with van der Waals surface area (Å²) in [5.74, 6) is -1.06. The number of non-ortho nitro benzene ring substituents is 1. The van der Waals surface area contributed by atoms with Gasteiger partial charge in [-0.05, 0) is 24.6 Å². The number of carbonyl (C=O) groups is 1. The average Bonchev–Trinajstić information content (AvgIpc) is 2.59. The van der Waals surface area contributed by atoms with Crippen molar-refractivity contribution in [2.24, 2.45) is 5.10 Å². The van der Waals surface area contributed by atoms with E-state index in [-0.39, 0.29) is 17.7 Å². The van der Waals surface area contributed by atoms with E-state index in [1.165, 1.54) is 12.1 Å². The predicted molar refractivity (Wildman–Crippen MR) is 93.6 cm³/mol. The van der Waals surface area contributed by atoms with Gasteiger partial charge in [0, 0.05) is 18.2 Å². The Balaban J connectivity index is 2.23. The van der Waals surface area contributed by atoms with Gasteiger partial charge in [0.05, 0.1) is 21.5 Å². The van der Waals surface area contributed by atoms with E-state index in [1.54, 1.807) is 25.1 Å². The fraction of sp³-hybridized carbons (Fsp3) is 0.125. The van der Waals surface area contributed by atoms with Crippen LogP contribution in [0.1, 0.15) is 22.8 Å². The quantitative estimate of drug-likeness (QED) is 0.438. The molecule has 0 unspecified atom stereocenters. The molecule has 10 nitrogen and oxygen atoms in total. The third-order valence-electron chi connectivity index (χ3n) is 3.45. The van der Waals surface area contributed by atoms with Gasteiger partial charge >= 0.3 is 11.7 Å². The third-order valence-corrected chi connectivity index (χ3v) is 3.45. The number of nitro groups is 2. The number of nitro benzene ring substituents is 2. The maximum atomic E-state index is 11.2. The predicted octanol–water partition coefficient (Wildman–Crippen LogP) is 3.23. The van der Waals surface area contributed by atoms with Gasteiger partial charge < -0.3 is 5.11 Å². The minimum absolute atomic E-state index is 0.00790. The first kappa shape index (κ1) is 18.5. The highest BCUT2D eigenvalue weighted by molar-refractivity contribution is 5.93. The summed E-state index contributed by atoms with van der Waals surface area (Å²) in [5, 5.41) is 35.0. The van der Waals surface area contributed by atoms with E-state index < -0.39 is 27.2 Å². The number of hydrogen-bond acceptors (Lipinski definition) is 7. The van der Waals surface area contributed by atoms with Crippen molar-refractivity contribution in [3.05, 3.63) is 73.8 Å². The van der Waals surface area contributed by atoms with E-state index in [4.69, 9.17) is 5.11 Å². The summed E-state index contributed by atoms with van der Waals surface area (Å²) in [6.07, 6.45) is 0.219. The molecule has 0 amide bonds. The molecule has 0 aliphatic heterocycles. The van der Waals surface area contributed by atoms with Crippen LogP contribution in [0.15, 0.2) is 47.6 Å². The van der Waals surface area contributed by atoms with Crippen LogP contribution in [0, 0.1) is 20.2 Å². The molecule has 0 spiro atoms. The summed E-state index contributed by atoms with van der Waals surface area (Å²) in [4.78, 5) is 31.5. The molecule has 2 aromatic rings. The number of carboxylic acids is 1. The SMILES string of the molecule is C/C(Cc1ccccc1C(=O)O)=N\Nc1ccc([N+](=O)[O-])cc1[N+](=O)[O-]. The first-order chi connectivity index (χ1) is 12.3. The topological polar surface area (TPSA) is 148 Å². The van der Waals surface area contributed by atoms with E-state index in [0.717, 1.165) is 12.1 Å². The number of benzene rings is 2. The number of hydrogen-bond donors (Lipinski definition) is 2. The Kier molecular flexibility index (Phi) is 5.58. The summed E-state index contributed by atoms with van der Waals surface area (Å²) >= 11 is 0. The van der Waals surface area contributed by atoms with Gasteiger partial charge in [-0.1, -0.05) is 18.2 Å². The molecule has 0 aromatic heterocycles. The number of anilines is 1. The Bertz CT molecular complexity index is 909. The summed E-state index contributed by atoms with van der Waals surface area (Å²) in [7, 11) is 0. The average molecular weight is 358 g/mol. The van der Waals surface area contributed by atoms with Crippen LogP contribution in [0.2, 0.25) is 0 Å². The van der Waals surface area contributed by atoms with Gasteiger partial charge in [-0.15, -0.1) is 0 Å². The van der Waals surface area contributed by atoms with Crippen LogP contribution in [0.25, 0.3) is 0 Å². The molecular formula is C16H14N4O6. The fourth-order valence-electron chi connectivity index (χ4n) is 2.23. The summed E-state index contributed by atoms with van der Waals surface area (Å²) < 4.78 is 0. The second-order valence-corrected chi connectivity index (χ2v) is 5.31. The summed E-state index contributed by atoms with van der Waals surface area (Å²) in [5.41, 5.74) is 2.77. The van der Waals surface area contributed by atoms with Crippen LogP contribution in [0.4, 0.5) is 17.1 Å². The first-order valence-corrected chi connectivity index (χ1v) is 7.32. The Morgan fingerprint density at radius 3 is 2.46 bits per heavy atom. The summed E-state index contributed by atoms with van der Waals surface area (Å²) in [6, 6.07) is 9.59. The number of nitrogens with one attached hydrogen (secondary N) is 1. The molecule has 0 aliphatic carbocycles. The molecule has 2 aromatic carbocycles. The normalized spacial score (nSPS) is 11.0. The van der Waals surface area contributed by atoms with Crippen molar-refractivity contribution in [1.29, 1.82) is 0 Å². The van der Waals surface area contributed by atoms with Crippen molar-refractivity contribution in [3.8, 4) is 0 Å². The molecule has 0 saturated carbocycles. The molecule has 0 bridgehead atoms. The van der Waals surface area contributed by atoms with Gasteiger partial charge in [-0.3, -0.25) is 25.7 Å². The van der Waals surface area contributed by atoms with Crippen LogP contribution < -0.4 is 5.43 Å². The van der Waals surface area contributed by atoms with Gasteiger partial charge in [-0.25, -0.2) is 4.79 Å². The molecule has 0 aliphatic rings. The van der Waals surface area contributed by atoms with Crippen molar-refractivity contribution >= 4 is 28.7 Å². The van der Waals surface area contributed by atoms with E-state index in [9.17, 15) is 25.0 Å². The molecular weight excluding hydrogens is 344 g/mol. The van der Waals surface area contributed by atoms with E-state index in [2.05, 4.69) is 10.5 Å². The van der Waals surface area contributed by atoms with Crippen molar-refractivity contribution in [3.63, 3.8) is 0 Å². The highest BCUT2D eigenvalue weighted by Crippen LogP contribution is 2.28. The molecule has 134 valence electrons. The van der Waals surface area contributed by atoms with Crippen LogP contribution in [0.5, 0.6) is 0 Å². The lowest BCUT2D eigenvalue weighted by atomic mass is 10.0. The molecule has 0 atom stereocenters. The molecule has 26 heavy (non-hydrogen) atoms. The van der Waals surface area contributed by atoms with Gasteiger partial charge in [0.15, 0.2) is 0 Å². The molecule has 0 saturated heterocycles. The highest BCUT2D eigenvalue weighted by atomic mass is 16.6.